The van der Waals surface area contributed by atoms with Gasteiger partial charge in [-0.25, -0.2) is 0 Å². The monoisotopic (exact) mass is 344 g/mol. The number of rotatable bonds is 3. The third kappa shape index (κ3) is 1.44. The quantitative estimate of drug-likeness (QED) is 0.811. The maximum absolute atomic E-state index is 11.7. The molecule has 10 atom stereocenters. The van der Waals surface area contributed by atoms with Gasteiger partial charge in [-0.1, -0.05) is 19.8 Å². The van der Waals surface area contributed by atoms with Gasteiger partial charge in [-0.05, 0) is 91.3 Å². The number of aliphatic hydroxyl groups is 1. The summed E-state index contributed by atoms with van der Waals surface area (Å²) >= 11 is 0. The van der Waals surface area contributed by atoms with Crippen LogP contribution in [-0.2, 0) is 4.79 Å². The van der Waals surface area contributed by atoms with E-state index in [2.05, 4.69) is 6.92 Å². The molecule has 25 heavy (non-hydrogen) atoms. The van der Waals surface area contributed by atoms with Gasteiger partial charge in [0, 0.05) is 11.8 Å². The Labute approximate surface area is 150 Å². The summed E-state index contributed by atoms with van der Waals surface area (Å²) in [5.41, 5.74) is 0.680. The Morgan fingerprint density at radius 2 is 1.92 bits per heavy atom. The van der Waals surface area contributed by atoms with Crippen LogP contribution in [0.4, 0.5) is 0 Å². The van der Waals surface area contributed by atoms with Crippen molar-refractivity contribution in [3.8, 4) is 0 Å². The maximum atomic E-state index is 11.7. The lowest BCUT2D eigenvalue weighted by molar-refractivity contribution is -0.137. The fourth-order valence-electron chi connectivity index (χ4n) is 10.3. The Bertz CT molecular complexity index is 645. The van der Waals surface area contributed by atoms with Crippen molar-refractivity contribution < 1.29 is 15.0 Å². The SMILES string of the molecule is C[C@]1(CCC(=O)O)[C@H]2CCC3C4CC[C@@H]5CCCCC56C4C6[C@H](O)C321. The van der Waals surface area contributed by atoms with Gasteiger partial charge in [0.05, 0.1) is 6.10 Å². The van der Waals surface area contributed by atoms with Crippen LogP contribution in [0, 0.1) is 51.8 Å². The Morgan fingerprint density at radius 3 is 2.72 bits per heavy atom. The molecule has 0 bridgehead atoms. The zero-order valence-electron chi connectivity index (χ0n) is 15.4. The van der Waals surface area contributed by atoms with Gasteiger partial charge < -0.3 is 10.2 Å². The van der Waals surface area contributed by atoms with Crippen LogP contribution in [0.15, 0.2) is 0 Å². The van der Waals surface area contributed by atoms with Crippen molar-refractivity contribution >= 4 is 5.97 Å². The lowest BCUT2D eigenvalue weighted by atomic mass is 9.60. The topological polar surface area (TPSA) is 57.5 Å². The van der Waals surface area contributed by atoms with E-state index < -0.39 is 5.97 Å². The van der Waals surface area contributed by atoms with Gasteiger partial charge in [0.2, 0.25) is 0 Å². The summed E-state index contributed by atoms with van der Waals surface area (Å²) in [5, 5.41) is 21.0. The van der Waals surface area contributed by atoms with Gasteiger partial charge in [0.25, 0.3) is 0 Å². The largest absolute Gasteiger partial charge is 0.481 e. The standard InChI is InChI=1S/C22H32O3/c1-20(11-9-16(23)24)15-8-7-14-13-6-5-12-4-2-3-10-21(12)17(13)18(21)19(25)22(14,15)20/h12-15,17-19,25H,2-11H2,1H3,(H,23,24)/t12-,13?,14?,15+,17?,18?,19-,20-,21?,22?/m0/s1. The van der Waals surface area contributed by atoms with Crippen molar-refractivity contribution in [1.29, 1.82) is 0 Å². The minimum absolute atomic E-state index is 0.0874. The lowest BCUT2D eigenvalue weighted by Crippen LogP contribution is -2.44. The number of carboxylic acid groups (broad SMARTS) is 1. The summed E-state index contributed by atoms with van der Waals surface area (Å²) in [6.45, 7) is 2.33. The zero-order valence-corrected chi connectivity index (χ0v) is 15.4. The van der Waals surface area contributed by atoms with Gasteiger partial charge in [0.1, 0.15) is 0 Å². The molecule has 0 aromatic rings. The first-order valence-electron chi connectivity index (χ1n) is 10.9. The summed E-state index contributed by atoms with van der Waals surface area (Å²) < 4.78 is 0. The predicted octanol–water partition coefficient (Wildman–Crippen LogP) is 4.09. The Kier molecular flexibility index (Phi) is 2.76. The second-order valence-electron chi connectivity index (χ2n) is 10.8. The molecule has 138 valence electrons. The first-order valence-corrected chi connectivity index (χ1v) is 10.9. The predicted molar refractivity (Wildman–Crippen MR) is 93.7 cm³/mol. The molecule has 0 aliphatic heterocycles. The normalized spacial score (nSPS) is 63.0. The molecule has 6 aliphatic rings. The van der Waals surface area contributed by atoms with Crippen molar-refractivity contribution in [2.24, 2.45) is 51.8 Å². The number of fused-ring (bicyclic) bond motifs is 1. The average Bonchev–Trinajstić information content (AvgIpc) is 3.31. The third-order valence-corrected chi connectivity index (χ3v) is 10.8. The van der Waals surface area contributed by atoms with E-state index in [1.54, 1.807) is 0 Å². The maximum Gasteiger partial charge on any atom is 0.303 e. The molecule has 0 amide bonds. The highest BCUT2D eigenvalue weighted by molar-refractivity contribution is 5.67. The van der Waals surface area contributed by atoms with Crippen LogP contribution in [0.2, 0.25) is 0 Å². The highest BCUT2D eigenvalue weighted by Crippen LogP contribution is 2.92. The van der Waals surface area contributed by atoms with Crippen LogP contribution in [-0.4, -0.2) is 22.3 Å². The summed E-state index contributed by atoms with van der Waals surface area (Å²) in [6, 6.07) is 0. The molecule has 6 rings (SSSR count). The minimum Gasteiger partial charge on any atom is -0.481 e. The van der Waals surface area contributed by atoms with Gasteiger partial charge >= 0.3 is 5.97 Å². The first-order chi connectivity index (χ1) is 12.0. The van der Waals surface area contributed by atoms with E-state index in [9.17, 15) is 15.0 Å². The summed E-state index contributed by atoms with van der Waals surface area (Å²) in [7, 11) is 0. The number of carbonyl (C=O) groups is 1. The van der Waals surface area contributed by atoms with E-state index in [1.165, 1.54) is 51.4 Å². The van der Waals surface area contributed by atoms with Gasteiger partial charge in [-0.15, -0.1) is 0 Å². The van der Waals surface area contributed by atoms with Crippen LogP contribution in [0.3, 0.4) is 0 Å². The number of aliphatic hydroxyl groups excluding tert-OH is 1. The average molecular weight is 344 g/mol. The molecule has 6 unspecified atom stereocenters. The molecule has 6 fully saturated rings. The molecule has 6 aliphatic carbocycles. The zero-order chi connectivity index (χ0) is 17.2. The number of hydrogen-bond donors (Lipinski definition) is 2. The Hall–Kier alpha value is -0.570. The van der Waals surface area contributed by atoms with Crippen LogP contribution < -0.4 is 0 Å². The minimum atomic E-state index is -0.668. The molecule has 3 nitrogen and oxygen atoms in total. The van der Waals surface area contributed by atoms with E-state index in [-0.39, 0.29) is 23.4 Å². The van der Waals surface area contributed by atoms with E-state index in [4.69, 9.17) is 0 Å². The van der Waals surface area contributed by atoms with Crippen molar-refractivity contribution in [3.05, 3.63) is 0 Å². The van der Waals surface area contributed by atoms with E-state index >= 15 is 0 Å². The molecule has 0 radical (unpaired) electrons. The second-order valence-corrected chi connectivity index (χ2v) is 10.8. The molecule has 0 aromatic carbocycles. The molecular weight excluding hydrogens is 312 g/mol. The highest BCUT2D eigenvalue weighted by Gasteiger charge is 2.90. The second kappa shape index (κ2) is 4.46. The first kappa shape index (κ1) is 15.5. The number of aliphatic carboxylic acids is 1. The Balaban J connectivity index is 1.39. The summed E-state index contributed by atoms with van der Waals surface area (Å²) in [6.07, 6.45) is 11.8. The van der Waals surface area contributed by atoms with Crippen LogP contribution in [0.25, 0.3) is 0 Å². The molecule has 0 heterocycles. The molecule has 2 spiro atoms. The van der Waals surface area contributed by atoms with Crippen molar-refractivity contribution in [2.75, 3.05) is 0 Å². The van der Waals surface area contributed by atoms with Crippen LogP contribution >= 0.6 is 0 Å². The third-order valence-electron chi connectivity index (χ3n) is 10.8. The van der Waals surface area contributed by atoms with Crippen molar-refractivity contribution in [1.82, 2.24) is 0 Å². The molecule has 0 saturated heterocycles. The Morgan fingerprint density at radius 1 is 1.08 bits per heavy atom. The van der Waals surface area contributed by atoms with Gasteiger partial charge in [-0.2, -0.15) is 0 Å². The van der Waals surface area contributed by atoms with Gasteiger partial charge in [0.15, 0.2) is 0 Å². The van der Waals surface area contributed by atoms with Crippen LogP contribution in [0.1, 0.15) is 71.1 Å². The number of carboxylic acids is 1. The number of hydrogen-bond acceptors (Lipinski definition) is 2. The molecule has 3 heteroatoms. The summed E-state index contributed by atoms with van der Waals surface area (Å²) in [4.78, 5) is 11.2. The fourth-order valence-corrected chi connectivity index (χ4v) is 10.3. The van der Waals surface area contributed by atoms with E-state index in [0.29, 0.717) is 23.2 Å². The van der Waals surface area contributed by atoms with Gasteiger partial charge in [-0.3, -0.25) is 4.79 Å². The molecule has 6 saturated carbocycles. The van der Waals surface area contributed by atoms with Crippen molar-refractivity contribution in [2.45, 2.75) is 77.2 Å². The van der Waals surface area contributed by atoms with Crippen LogP contribution in [0.5, 0.6) is 0 Å². The molecular formula is C22H32O3. The van der Waals surface area contributed by atoms with Crippen molar-refractivity contribution in [3.63, 3.8) is 0 Å². The lowest BCUT2D eigenvalue weighted by Gasteiger charge is -2.45. The highest BCUT2D eigenvalue weighted by atomic mass is 16.4. The molecule has 2 N–H and O–H groups in total. The summed E-state index contributed by atoms with van der Waals surface area (Å²) in [5.74, 6) is 3.74. The van der Waals surface area contributed by atoms with E-state index in [1.807, 2.05) is 0 Å². The fraction of sp³-hybridized carbons (Fsp3) is 0.955. The molecule has 0 aromatic heterocycles. The smallest absolute Gasteiger partial charge is 0.303 e. The van der Waals surface area contributed by atoms with E-state index in [0.717, 1.165) is 24.2 Å².